The lowest BCUT2D eigenvalue weighted by Gasteiger charge is -2.21. The monoisotopic (exact) mass is 521 g/mol. The summed E-state index contributed by atoms with van der Waals surface area (Å²) >= 11 is 0. The smallest absolute Gasteiger partial charge is 0.191 e. The molecule has 0 aromatic carbocycles. The van der Waals surface area contributed by atoms with Crippen LogP contribution in [-0.4, -0.2) is 85.7 Å². The summed E-state index contributed by atoms with van der Waals surface area (Å²) in [6, 6.07) is 0. The Morgan fingerprint density at radius 3 is 2.56 bits per heavy atom. The predicted molar refractivity (Wildman–Crippen MR) is 119 cm³/mol. The molecule has 0 spiro atoms. The molecule has 0 radical (unpaired) electrons. The Hall–Kier alpha value is -0.170. The number of aliphatic imine (C=N–C) groups is 1. The van der Waals surface area contributed by atoms with Crippen molar-refractivity contribution in [1.29, 1.82) is 0 Å². The fourth-order valence-corrected chi connectivity index (χ4v) is 2.84. The summed E-state index contributed by atoms with van der Waals surface area (Å²) in [5.74, 6) is 1.42. The van der Waals surface area contributed by atoms with Crippen molar-refractivity contribution in [2.24, 2.45) is 10.9 Å². The maximum absolute atomic E-state index is 11.0. The van der Waals surface area contributed by atoms with Crippen molar-refractivity contribution in [2.45, 2.75) is 26.2 Å². The highest BCUT2D eigenvalue weighted by molar-refractivity contribution is 14.0. The van der Waals surface area contributed by atoms with Crippen molar-refractivity contribution >= 4 is 39.8 Å². The fourth-order valence-electron chi connectivity index (χ4n) is 2.42. The molecule has 1 aliphatic rings. The molecule has 1 saturated heterocycles. The molecule has 27 heavy (non-hydrogen) atoms. The summed E-state index contributed by atoms with van der Waals surface area (Å²) in [5.41, 5.74) is 0. The van der Waals surface area contributed by atoms with Gasteiger partial charge in [-0.15, -0.1) is 24.0 Å². The summed E-state index contributed by atoms with van der Waals surface area (Å²) in [6.07, 6.45) is 4.28. The highest BCUT2D eigenvalue weighted by atomic mass is 127. The quantitative estimate of drug-likeness (QED) is 0.162. The SMILES string of the molecule is CCNC(=NCCCOCC1CCOCC1)NCCOCCS(C)(=O)=O.I. The number of rotatable bonds is 13. The zero-order chi connectivity index (χ0) is 19.1. The maximum atomic E-state index is 11.0. The molecule has 0 unspecified atom stereocenters. The molecular weight excluding hydrogens is 485 g/mol. The Labute approximate surface area is 181 Å². The van der Waals surface area contributed by atoms with Gasteiger partial charge in [0.15, 0.2) is 5.96 Å². The van der Waals surface area contributed by atoms with E-state index in [0.29, 0.717) is 25.6 Å². The molecule has 0 bridgehead atoms. The molecule has 1 heterocycles. The van der Waals surface area contributed by atoms with Crippen molar-refractivity contribution in [3.63, 3.8) is 0 Å². The van der Waals surface area contributed by atoms with E-state index in [1.54, 1.807) is 0 Å². The van der Waals surface area contributed by atoms with Gasteiger partial charge in [0, 0.05) is 52.3 Å². The van der Waals surface area contributed by atoms with Gasteiger partial charge in [-0.05, 0) is 32.1 Å². The second-order valence-corrected chi connectivity index (χ2v) is 8.67. The standard InChI is InChI=1S/C17H35N3O5S.HI/c1-3-18-17(20-8-12-24-13-14-26(2,21)22)19-7-4-9-25-15-16-5-10-23-11-6-16;/h16H,3-15H2,1-2H3,(H2,18,19,20);1H. The lowest BCUT2D eigenvalue weighted by molar-refractivity contribution is 0.0205. The van der Waals surface area contributed by atoms with Gasteiger partial charge in [-0.1, -0.05) is 0 Å². The van der Waals surface area contributed by atoms with Gasteiger partial charge in [0.2, 0.25) is 0 Å². The number of halogens is 1. The van der Waals surface area contributed by atoms with Crippen molar-refractivity contribution < 1.29 is 22.6 Å². The van der Waals surface area contributed by atoms with Crippen LogP contribution in [0.15, 0.2) is 4.99 Å². The van der Waals surface area contributed by atoms with E-state index >= 15 is 0 Å². The van der Waals surface area contributed by atoms with E-state index in [0.717, 1.165) is 58.2 Å². The predicted octanol–water partition coefficient (Wildman–Crippen LogP) is 1.05. The van der Waals surface area contributed by atoms with Crippen LogP contribution < -0.4 is 10.6 Å². The lowest BCUT2D eigenvalue weighted by atomic mass is 10.0. The maximum Gasteiger partial charge on any atom is 0.191 e. The van der Waals surface area contributed by atoms with Crippen LogP contribution >= 0.6 is 24.0 Å². The van der Waals surface area contributed by atoms with Crippen molar-refractivity contribution in [1.82, 2.24) is 10.6 Å². The first-order chi connectivity index (χ1) is 12.5. The number of nitrogens with one attached hydrogen (secondary N) is 2. The Morgan fingerprint density at radius 1 is 1.15 bits per heavy atom. The minimum absolute atomic E-state index is 0. The first kappa shape index (κ1) is 26.8. The normalized spacial score (nSPS) is 16.0. The first-order valence-corrected chi connectivity index (χ1v) is 11.5. The Morgan fingerprint density at radius 2 is 1.89 bits per heavy atom. The van der Waals surface area contributed by atoms with E-state index in [1.807, 2.05) is 6.92 Å². The third-order valence-electron chi connectivity index (χ3n) is 3.89. The Balaban J connectivity index is 0.00000676. The van der Waals surface area contributed by atoms with Crippen LogP contribution in [0.4, 0.5) is 0 Å². The highest BCUT2D eigenvalue weighted by Gasteiger charge is 2.13. The summed E-state index contributed by atoms with van der Waals surface area (Å²) in [4.78, 5) is 4.50. The van der Waals surface area contributed by atoms with Crippen LogP contribution in [0.5, 0.6) is 0 Å². The minimum Gasteiger partial charge on any atom is -0.381 e. The third-order valence-corrected chi connectivity index (χ3v) is 4.80. The summed E-state index contributed by atoms with van der Waals surface area (Å²) in [6.45, 7) is 7.96. The van der Waals surface area contributed by atoms with Gasteiger partial charge in [0.25, 0.3) is 0 Å². The van der Waals surface area contributed by atoms with Gasteiger partial charge in [0.05, 0.1) is 19.0 Å². The lowest BCUT2D eigenvalue weighted by Crippen LogP contribution is -2.39. The van der Waals surface area contributed by atoms with Gasteiger partial charge in [-0.25, -0.2) is 8.42 Å². The molecule has 0 amide bonds. The molecule has 10 heteroatoms. The molecule has 0 aliphatic carbocycles. The van der Waals surface area contributed by atoms with Crippen LogP contribution in [0.3, 0.4) is 0 Å². The molecule has 0 aromatic heterocycles. The Kier molecular flexibility index (Phi) is 16.6. The molecular formula is C17H36IN3O5S. The van der Waals surface area contributed by atoms with Crippen molar-refractivity contribution in [3.05, 3.63) is 0 Å². The van der Waals surface area contributed by atoms with Gasteiger partial charge >= 0.3 is 0 Å². The molecule has 1 fully saturated rings. The molecule has 1 aliphatic heterocycles. The number of sulfone groups is 1. The van der Waals surface area contributed by atoms with Gasteiger partial charge in [-0.3, -0.25) is 4.99 Å². The van der Waals surface area contributed by atoms with Crippen LogP contribution in [0.1, 0.15) is 26.2 Å². The second kappa shape index (κ2) is 16.8. The molecule has 1 rings (SSSR count). The average molecular weight is 521 g/mol. The van der Waals surface area contributed by atoms with E-state index in [9.17, 15) is 8.42 Å². The average Bonchev–Trinajstić information content (AvgIpc) is 2.60. The minimum atomic E-state index is -2.96. The number of guanidine groups is 1. The van der Waals surface area contributed by atoms with Gasteiger partial charge in [0.1, 0.15) is 9.84 Å². The number of ether oxygens (including phenoxy) is 3. The zero-order valence-electron chi connectivity index (χ0n) is 16.6. The van der Waals surface area contributed by atoms with E-state index in [2.05, 4.69) is 15.6 Å². The van der Waals surface area contributed by atoms with E-state index < -0.39 is 9.84 Å². The van der Waals surface area contributed by atoms with Gasteiger partial charge in [-0.2, -0.15) is 0 Å². The molecule has 0 atom stereocenters. The molecule has 162 valence electrons. The summed E-state index contributed by atoms with van der Waals surface area (Å²) in [5, 5.41) is 6.34. The number of nitrogens with zero attached hydrogens (tertiary/aromatic N) is 1. The van der Waals surface area contributed by atoms with Gasteiger partial charge < -0.3 is 24.8 Å². The van der Waals surface area contributed by atoms with Crippen LogP contribution in [0.2, 0.25) is 0 Å². The largest absolute Gasteiger partial charge is 0.381 e. The van der Waals surface area contributed by atoms with Crippen LogP contribution in [0, 0.1) is 5.92 Å². The van der Waals surface area contributed by atoms with E-state index in [4.69, 9.17) is 14.2 Å². The molecule has 8 nitrogen and oxygen atoms in total. The zero-order valence-corrected chi connectivity index (χ0v) is 19.7. The van der Waals surface area contributed by atoms with Crippen LogP contribution in [0.25, 0.3) is 0 Å². The number of hydrogen-bond donors (Lipinski definition) is 2. The van der Waals surface area contributed by atoms with E-state index in [-0.39, 0.29) is 36.3 Å². The highest BCUT2D eigenvalue weighted by Crippen LogP contribution is 2.14. The summed E-state index contributed by atoms with van der Waals surface area (Å²) in [7, 11) is -2.96. The second-order valence-electron chi connectivity index (χ2n) is 6.41. The van der Waals surface area contributed by atoms with Crippen molar-refractivity contribution in [2.75, 3.05) is 71.3 Å². The van der Waals surface area contributed by atoms with Crippen LogP contribution in [-0.2, 0) is 24.0 Å². The third kappa shape index (κ3) is 16.5. The first-order valence-electron chi connectivity index (χ1n) is 9.44. The fraction of sp³-hybridized carbons (Fsp3) is 0.941. The van der Waals surface area contributed by atoms with Crippen molar-refractivity contribution in [3.8, 4) is 0 Å². The molecule has 0 saturated carbocycles. The summed E-state index contributed by atoms with van der Waals surface area (Å²) < 4.78 is 38.4. The topological polar surface area (TPSA) is 98.2 Å². The Bertz CT molecular complexity index is 485. The van der Waals surface area contributed by atoms with E-state index in [1.165, 1.54) is 6.26 Å². The molecule has 0 aromatic rings. The number of hydrogen-bond acceptors (Lipinski definition) is 6. The molecule has 2 N–H and O–H groups in total.